The maximum absolute atomic E-state index is 5.28. The van der Waals surface area contributed by atoms with E-state index in [1.54, 1.807) is 22.2 Å². The van der Waals surface area contributed by atoms with Crippen molar-refractivity contribution in [1.82, 2.24) is 19.9 Å². The van der Waals surface area contributed by atoms with Gasteiger partial charge in [0.2, 0.25) is 0 Å². The van der Waals surface area contributed by atoms with Gasteiger partial charge in [0.15, 0.2) is 5.82 Å². The van der Waals surface area contributed by atoms with Crippen molar-refractivity contribution in [3.8, 4) is 0 Å². The maximum atomic E-state index is 5.28. The van der Waals surface area contributed by atoms with E-state index < -0.39 is 0 Å². The molecule has 1 atom stereocenters. The summed E-state index contributed by atoms with van der Waals surface area (Å²) in [6.07, 6.45) is 4.33. The van der Waals surface area contributed by atoms with Crippen molar-refractivity contribution in [3.63, 3.8) is 0 Å². The summed E-state index contributed by atoms with van der Waals surface area (Å²) in [7, 11) is 0. The molecule has 0 aliphatic carbocycles. The van der Waals surface area contributed by atoms with Gasteiger partial charge in [-0.1, -0.05) is 11.2 Å². The molecule has 0 saturated carbocycles. The van der Waals surface area contributed by atoms with Crippen LogP contribution in [-0.4, -0.2) is 19.9 Å². The topological polar surface area (TPSA) is 56.7 Å². The molecule has 0 radical (unpaired) electrons. The smallest absolute Gasteiger partial charge is 0.251 e. The highest BCUT2D eigenvalue weighted by Gasteiger charge is 2.16. The summed E-state index contributed by atoms with van der Waals surface area (Å²) in [4.78, 5) is 5.64. The number of nitrogens with zero attached hydrogens (tertiary/aromatic N) is 4. The predicted molar refractivity (Wildman–Crippen MR) is 67.5 cm³/mol. The van der Waals surface area contributed by atoms with Crippen LogP contribution in [0.25, 0.3) is 0 Å². The van der Waals surface area contributed by atoms with Gasteiger partial charge in [0.1, 0.15) is 6.04 Å². The molecule has 0 fully saturated rings. The van der Waals surface area contributed by atoms with E-state index in [1.165, 1.54) is 4.88 Å². The lowest BCUT2D eigenvalue weighted by atomic mass is 10.3. The Kier molecular flexibility index (Phi) is 2.93. The van der Waals surface area contributed by atoms with Crippen molar-refractivity contribution in [2.24, 2.45) is 0 Å². The minimum atomic E-state index is -0.0374. The van der Waals surface area contributed by atoms with Crippen LogP contribution in [0.4, 0.5) is 0 Å². The largest absolute Gasteiger partial charge is 0.337 e. The van der Waals surface area contributed by atoms with E-state index in [2.05, 4.69) is 21.3 Å². The first-order chi connectivity index (χ1) is 8.83. The van der Waals surface area contributed by atoms with Crippen LogP contribution in [-0.2, 0) is 6.42 Å². The third kappa shape index (κ3) is 2.19. The molecule has 3 aromatic heterocycles. The molecule has 0 aliphatic rings. The molecular weight excluding hydrogens is 248 g/mol. The van der Waals surface area contributed by atoms with Crippen molar-refractivity contribution in [2.45, 2.75) is 19.4 Å². The average Bonchev–Trinajstić information content (AvgIpc) is 3.11. The van der Waals surface area contributed by atoms with Gasteiger partial charge in [0.05, 0.1) is 0 Å². The molecule has 0 N–H and O–H groups in total. The third-order valence-electron chi connectivity index (χ3n) is 2.68. The molecule has 18 heavy (non-hydrogen) atoms. The van der Waals surface area contributed by atoms with Gasteiger partial charge < -0.3 is 4.52 Å². The highest BCUT2D eigenvalue weighted by Crippen LogP contribution is 2.17. The summed E-state index contributed by atoms with van der Waals surface area (Å²) < 4.78 is 7.08. The van der Waals surface area contributed by atoms with E-state index in [0.717, 1.165) is 0 Å². The van der Waals surface area contributed by atoms with E-state index in [0.29, 0.717) is 18.1 Å². The molecule has 3 aromatic rings. The number of hydrogen-bond donors (Lipinski definition) is 0. The minimum Gasteiger partial charge on any atom is -0.337 e. The highest BCUT2D eigenvalue weighted by molar-refractivity contribution is 7.09. The summed E-state index contributed by atoms with van der Waals surface area (Å²) in [6, 6.07) is 5.93. The van der Waals surface area contributed by atoms with Crippen molar-refractivity contribution in [1.29, 1.82) is 0 Å². The zero-order chi connectivity index (χ0) is 12.4. The predicted octanol–water partition coefficient (Wildman–Crippen LogP) is 2.53. The Morgan fingerprint density at radius 1 is 1.44 bits per heavy atom. The highest BCUT2D eigenvalue weighted by atomic mass is 32.1. The molecular formula is C12H12N4OS. The van der Waals surface area contributed by atoms with E-state index in [4.69, 9.17) is 4.52 Å². The van der Waals surface area contributed by atoms with Crippen LogP contribution < -0.4 is 0 Å². The number of thiophene rings is 1. The van der Waals surface area contributed by atoms with Gasteiger partial charge in [0.25, 0.3) is 5.89 Å². The van der Waals surface area contributed by atoms with Gasteiger partial charge in [-0.15, -0.1) is 11.3 Å². The van der Waals surface area contributed by atoms with Crippen LogP contribution in [0.3, 0.4) is 0 Å². The maximum Gasteiger partial charge on any atom is 0.251 e. The summed E-state index contributed by atoms with van der Waals surface area (Å²) >= 11 is 1.69. The standard InChI is InChI=1S/C12H12N4OS/c1-9(16-6-3-5-13-16)12-14-11(15-17-12)8-10-4-2-7-18-10/h2-7,9H,8H2,1H3. The Labute approximate surface area is 108 Å². The van der Waals surface area contributed by atoms with Crippen LogP contribution in [0, 0.1) is 0 Å². The van der Waals surface area contributed by atoms with Gasteiger partial charge in [-0.2, -0.15) is 10.1 Å². The van der Waals surface area contributed by atoms with Crippen molar-refractivity contribution >= 4 is 11.3 Å². The second kappa shape index (κ2) is 4.73. The monoisotopic (exact) mass is 260 g/mol. The van der Waals surface area contributed by atoms with Crippen LogP contribution in [0.15, 0.2) is 40.5 Å². The van der Waals surface area contributed by atoms with E-state index in [9.17, 15) is 0 Å². The van der Waals surface area contributed by atoms with Crippen LogP contribution in [0.1, 0.15) is 29.6 Å². The van der Waals surface area contributed by atoms with Crippen molar-refractivity contribution < 1.29 is 4.52 Å². The van der Waals surface area contributed by atoms with Gasteiger partial charge in [-0.25, -0.2) is 0 Å². The molecule has 0 amide bonds. The lowest BCUT2D eigenvalue weighted by Gasteiger charge is -2.05. The normalized spacial score (nSPS) is 12.7. The van der Waals surface area contributed by atoms with E-state index in [-0.39, 0.29) is 6.04 Å². The SMILES string of the molecule is CC(c1nc(Cc2cccs2)no1)n1cccn1. The second-order valence-electron chi connectivity index (χ2n) is 3.97. The van der Waals surface area contributed by atoms with Gasteiger partial charge in [-0.3, -0.25) is 4.68 Å². The number of hydrogen-bond acceptors (Lipinski definition) is 5. The summed E-state index contributed by atoms with van der Waals surface area (Å²) in [5.41, 5.74) is 0. The molecule has 0 bridgehead atoms. The van der Waals surface area contributed by atoms with Crippen LogP contribution in [0.5, 0.6) is 0 Å². The van der Waals surface area contributed by atoms with Gasteiger partial charge >= 0.3 is 0 Å². The van der Waals surface area contributed by atoms with Crippen molar-refractivity contribution in [3.05, 3.63) is 52.6 Å². The Hall–Kier alpha value is -1.95. The fourth-order valence-electron chi connectivity index (χ4n) is 1.70. The van der Waals surface area contributed by atoms with Gasteiger partial charge in [0, 0.05) is 23.7 Å². The number of rotatable bonds is 4. The summed E-state index contributed by atoms with van der Waals surface area (Å²) in [6.45, 7) is 1.98. The summed E-state index contributed by atoms with van der Waals surface area (Å²) in [5.74, 6) is 1.30. The first kappa shape index (κ1) is 11.2. The molecule has 92 valence electrons. The Balaban J connectivity index is 1.77. The molecule has 0 saturated heterocycles. The zero-order valence-corrected chi connectivity index (χ0v) is 10.7. The molecule has 0 aliphatic heterocycles. The molecule has 3 rings (SSSR count). The lowest BCUT2D eigenvalue weighted by molar-refractivity contribution is 0.333. The van der Waals surface area contributed by atoms with Crippen LogP contribution in [0.2, 0.25) is 0 Å². The zero-order valence-electron chi connectivity index (χ0n) is 9.85. The van der Waals surface area contributed by atoms with E-state index >= 15 is 0 Å². The average molecular weight is 260 g/mol. The second-order valence-corrected chi connectivity index (χ2v) is 5.00. The van der Waals surface area contributed by atoms with E-state index in [1.807, 2.05) is 30.6 Å². The summed E-state index contributed by atoms with van der Waals surface area (Å²) in [5, 5.41) is 10.2. The number of aromatic nitrogens is 4. The molecule has 5 nitrogen and oxygen atoms in total. The Morgan fingerprint density at radius 2 is 2.39 bits per heavy atom. The Bertz CT molecular complexity index is 600. The lowest BCUT2D eigenvalue weighted by Crippen LogP contribution is -2.07. The fraction of sp³-hybridized carbons (Fsp3) is 0.250. The molecule has 3 heterocycles. The minimum absolute atomic E-state index is 0.0374. The van der Waals surface area contributed by atoms with Gasteiger partial charge in [-0.05, 0) is 24.4 Å². The molecule has 0 spiro atoms. The quantitative estimate of drug-likeness (QED) is 0.723. The van der Waals surface area contributed by atoms with Crippen LogP contribution >= 0.6 is 11.3 Å². The first-order valence-electron chi connectivity index (χ1n) is 5.67. The Morgan fingerprint density at radius 3 is 3.11 bits per heavy atom. The first-order valence-corrected chi connectivity index (χ1v) is 6.55. The molecule has 1 unspecified atom stereocenters. The fourth-order valence-corrected chi connectivity index (χ4v) is 2.40. The molecule has 6 heteroatoms. The van der Waals surface area contributed by atoms with Crippen molar-refractivity contribution in [2.75, 3.05) is 0 Å². The third-order valence-corrected chi connectivity index (χ3v) is 3.55. The molecule has 0 aromatic carbocycles.